The first kappa shape index (κ1) is 16.3. The van der Waals surface area contributed by atoms with Gasteiger partial charge in [-0.2, -0.15) is 0 Å². The largest absolute Gasteiger partial charge is 0.367 e. The Morgan fingerprint density at radius 1 is 1.16 bits per heavy atom. The summed E-state index contributed by atoms with van der Waals surface area (Å²) in [6.07, 6.45) is 2.48. The van der Waals surface area contributed by atoms with Gasteiger partial charge in [-0.25, -0.2) is 0 Å². The van der Waals surface area contributed by atoms with E-state index in [0.29, 0.717) is 12.0 Å². The Kier molecular flexibility index (Phi) is 4.16. The Morgan fingerprint density at radius 3 is 2.84 bits per heavy atom. The molecule has 3 heterocycles. The zero-order valence-corrected chi connectivity index (χ0v) is 16.2. The minimum Gasteiger partial charge on any atom is -0.367 e. The second-order valence-corrected chi connectivity index (χ2v) is 9.02. The number of nitrogens with one attached hydrogen (secondary N) is 1. The normalized spacial score (nSPS) is 24.6. The van der Waals surface area contributed by atoms with Gasteiger partial charge in [0.1, 0.15) is 0 Å². The maximum absolute atomic E-state index is 6.51. The SMILES string of the molecule is Clc1cccc(Cl)c1-c1cc2c3c(c1)C1CNCCC1N3CCCS2. The van der Waals surface area contributed by atoms with Gasteiger partial charge in [0.15, 0.2) is 0 Å². The summed E-state index contributed by atoms with van der Waals surface area (Å²) in [5.41, 5.74) is 5.08. The minimum atomic E-state index is 0.572. The van der Waals surface area contributed by atoms with Crippen molar-refractivity contribution in [2.75, 3.05) is 30.3 Å². The number of rotatable bonds is 1. The van der Waals surface area contributed by atoms with Crippen LogP contribution in [0.3, 0.4) is 0 Å². The maximum atomic E-state index is 6.51. The highest BCUT2D eigenvalue weighted by atomic mass is 35.5. The first-order valence-corrected chi connectivity index (χ1v) is 10.7. The van der Waals surface area contributed by atoms with E-state index in [4.69, 9.17) is 23.2 Å². The highest BCUT2D eigenvalue weighted by Crippen LogP contribution is 2.51. The third-order valence-electron chi connectivity index (χ3n) is 5.69. The molecule has 2 nitrogen and oxygen atoms in total. The molecule has 0 aromatic heterocycles. The highest BCUT2D eigenvalue weighted by molar-refractivity contribution is 7.99. The molecule has 2 aromatic carbocycles. The smallest absolute Gasteiger partial charge is 0.0544 e. The predicted molar refractivity (Wildman–Crippen MR) is 109 cm³/mol. The Bertz CT molecular complexity index is 818. The molecular weight excluding hydrogens is 371 g/mol. The van der Waals surface area contributed by atoms with Crippen LogP contribution in [0, 0.1) is 0 Å². The topological polar surface area (TPSA) is 15.3 Å². The van der Waals surface area contributed by atoms with E-state index in [2.05, 4.69) is 22.3 Å². The van der Waals surface area contributed by atoms with Crippen LogP contribution < -0.4 is 10.2 Å². The van der Waals surface area contributed by atoms with Gasteiger partial charge < -0.3 is 10.2 Å². The lowest BCUT2D eigenvalue weighted by Crippen LogP contribution is -2.44. The average molecular weight is 391 g/mol. The van der Waals surface area contributed by atoms with E-state index in [1.165, 1.54) is 41.3 Å². The van der Waals surface area contributed by atoms with Crippen LogP contribution in [0.2, 0.25) is 10.0 Å². The van der Waals surface area contributed by atoms with Crippen molar-refractivity contribution in [1.82, 2.24) is 5.32 Å². The van der Waals surface area contributed by atoms with Gasteiger partial charge in [-0.15, -0.1) is 11.8 Å². The molecule has 0 saturated carbocycles. The molecule has 2 unspecified atom stereocenters. The molecule has 0 amide bonds. The maximum Gasteiger partial charge on any atom is 0.0544 e. The molecule has 3 aliphatic rings. The lowest BCUT2D eigenvalue weighted by atomic mass is 9.88. The fraction of sp³-hybridized carbons (Fsp3) is 0.400. The van der Waals surface area contributed by atoms with Gasteiger partial charge in [0.25, 0.3) is 0 Å². The fourth-order valence-electron chi connectivity index (χ4n) is 4.64. The summed E-state index contributed by atoms with van der Waals surface area (Å²) in [6.45, 7) is 3.37. The van der Waals surface area contributed by atoms with E-state index in [-0.39, 0.29) is 0 Å². The first-order chi connectivity index (χ1) is 12.2. The predicted octanol–water partition coefficient (Wildman–Crippen LogP) is 5.42. The fourth-order valence-corrected chi connectivity index (χ4v) is 6.33. The molecule has 2 atom stereocenters. The average Bonchev–Trinajstić information content (AvgIpc) is 2.77. The number of benzene rings is 2. The van der Waals surface area contributed by atoms with Gasteiger partial charge in [0, 0.05) is 45.6 Å². The second kappa shape index (κ2) is 6.38. The molecule has 5 rings (SSSR count). The summed E-state index contributed by atoms with van der Waals surface area (Å²) in [4.78, 5) is 4.09. The lowest BCUT2D eigenvalue weighted by molar-refractivity contribution is 0.403. The number of piperidine rings is 1. The zero-order valence-electron chi connectivity index (χ0n) is 13.9. The number of fused-ring (bicyclic) bond motifs is 3. The lowest BCUT2D eigenvalue weighted by Gasteiger charge is -2.33. The number of hydrogen-bond acceptors (Lipinski definition) is 3. The van der Waals surface area contributed by atoms with Crippen molar-refractivity contribution in [3.8, 4) is 11.1 Å². The molecule has 2 aromatic rings. The molecule has 0 aliphatic carbocycles. The Labute approximate surface area is 162 Å². The number of halogens is 2. The molecule has 130 valence electrons. The van der Waals surface area contributed by atoms with Crippen molar-refractivity contribution in [2.45, 2.75) is 29.7 Å². The van der Waals surface area contributed by atoms with Gasteiger partial charge in [-0.1, -0.05) is 29.3 Å². The van der Waals surface area contributed by atoms with Gasteiger partial charge in [-0.3, -0.25) is 0 Å². The van der Waals surface area contributed by atoms with Crippen molar-refractivity contribution in [3.05, 3.63) is 45.9 Å². The van der Waals surface area contributed by atoms with Gasteiger partial charge in [0.05, 0.1) is 5.69 Å². The van der Waals surface area contributed by atoms with Crippen LogP contribution in [0.15, 0.2) is 35.2 Å². The van der Waals surface area contributed by atoms with E-state index in [1.807, 2.05) is 30.0 Å². The van der Waals surface area contributed by atoms with Gasteiger partial charge >= 0.3 is 0 Å². The summed E-state index contributed by atoms with van der Waals surface area (Å²) >= 11 is 15.0. The summed E-state index contributed by atoms with van der Waals surface area (Å²) in [7, 11) is 0. The standard InChI is InChI=1S/C20H20Cl2N2S/c21-15-3-1-4-16(22)19(15)12-9-13-14-11-23-6-5-17(14)24-7-2-8-25-18(10-12)20(13)24/h1,3-4,9-10,14,17,23H,2,5-8,11H2. The van der Waals surface area contributed by atoms with Gasteiger partial charge in [0.2, 0.25) is 0 Å². The van der Waals surface area contributed by atoms with Gasteiger partial charge in [-0.05, 0) is 60.5 Å². The van der Waals surface area contributed by atoms with Crippen LogP contribution in [0.1, 0.15) is 24.3 Å². The van der Waals surface area contributed by atoms with E-state index < -0.39 is 0 Å². The molecule has 5 heteroatoms. The number of thioether (sulfide) groups is 1. The van der Waals surface area contributed by atoms with Crippen molar-refractivity contribution in [3.63, 3.8) is 0 Å². The molecule has 1 fully saturated rings. The zero-order chi connectivity index (χ0) is 17.0. The number of hydrogen-bond donors (Lipinski definition) is 1. The van der Waals surface area contributed by atoms with Crippen molar-refractivity contribution < 1.29 is 0 Å². The Morgan fingerprint density at radius 2 is 2.00 bits per heavy atom. The number of anilines is 1. The van der Waals surface area contributed by atoms with E-state index in [1.54, 1.807) is 0 Å². The van der Waals surface area contributed by atoms with E-state index >= 15 is 0 Å². The Hall–Kier alpha value is -0.870. The third-order valence-corrected chi connectivity index (χ3v) is 7.43. The second-order valence-electron chi connectivity index (χ2n) is 7.07. The molecule has 0 bridgehead atoms. The Balaban J connectivity index is 1.72. The van der Waals surface area contributed by atoms with E-state index in [0.717, 1.165) is 34.3 Å². The monoisotopic (exact) mass is 390 g/mol. The molecule has 1 saturated heterocycles. The molecule has 25 heavy (non-hydrogen) atoms. The van der Waals surface area contributed by atoms with Crippen LogP contribution >= 0.6 is 35.0 Å². The summed E-state index contributed by atoms with van der Waals surface area (Å²) in [5, 5.41) is 5.05. The molecular formula is C20H20Cl2N2S. The minimum absolute atomic E-state index is 0.572. The first-order valence-electron chi connectivity index (χ1n) is 8.96. The van der Waals surface area contributed by atoms with Crippen LogP contribution in [-0.4, -0.2) is 31.4 Å². The molecule has 3 aliphatic heterocycles. The van der Waals surface area contributed by atoms with Crippen LogP contribution in [0.4, 0.5) is 5.69 Å². The molecule has 0 radical (unpaired) electrons. The molecule has 1 N–H and O–H groups in total. The quantitative estimate of drug-likeness (QED) is 0.699. The number of nitrogens with zero attached hydrogens (tertiary/aromatic N) is 1. The van der Waals surface area contributed by atoms with Crippen LogP contribution in [0.25, 0.3) is 11.1 Å². The van der Waals surface area contributed by atoms with Crippen molar-refractivity contribution in [2.24, 2.45) is 0 Å². The third kappa shape index (κ3) is 2.59. The summed E-state index contributed by atoms with van der Waals surface area (Å²) < 4.78 is 0. The van der Waals surface area contributed by atoms with E-state index in [9.17, 15) is 0 Å². The van der Waals surface area contributed by atoms with Crippen molar-refractivity contribution in [1.29, 1.82) is 0 Å². The highest BCUT2D eigenvalue weighted by Gasteiger charge is 2.42. The van der Waals surface area contributed by atoms with Crippen LogP contribution in [0.5, 0.6) is 0 Å². The summed E-state index contributed by atoms with van der Waals surface area (Å²) in [5.74, 6) is 1.75. The molecule has 0 spiro atoms. The van der Waals surface area contributed by atoms with Crippen LogP contribution in [-0.2, 0) is 0 Å². The summed E-state index contributed by atoms with van der Waals surface area (Å²) in [6, 6.07) is 11.1. The van der Waals surface area contributed by atoms with Crippen molar-refractivity contribution >= 4 is 40.7 Å².